The SMILES string of the molecule is Cc1ccc2c(c1)Oc1ccccc1C21OC(=O)c2cc(SC#N)ccc21. The van der Waals surface area contributed by atoms with Gasteiger partial charge in [-0.15, -0.1) is 0 Å². The van der Waals surface area contributed by atoms with Gasteiger partial charge in [0.15, 0.2) is 5.60 Å². The third kappa shape index (κ3) is 2.14. The Morgan fingerprint density at radius 3 is 2.59 bits per heavy atom. The van der Waals surface area contributed by atoms with Crippen molar-refractivity contribution in [3.8, 4) is 16.9 Å². The first-order valence-electron chi connectivity index (χ1n) is 8.46. The van der Waals surface area contributed by atoms with Crippen molar-refractivity contribution < 1.29 is 14.3 Å². The Kier molecular flexibility index (Phi) is 3.33. The first kappa shape index (κ1) is 16.0. The maximum absolute atomic E-state index is 12.8. The predicted molar refractivity (Wildman–Crippen MR) is 101 cm³/mol. The Hall–Kier alpha value is -3.23. The minimum absolute atomic E-state index is 0.395. The molecule has 4 nitrogen and oxygen atoms in total. The Morgan fingerprint density at radius 1 is 0.963 bits per heavy atom. The van der Waals surface area contributed by atoms with Crippen LogP contribution in [-0.2, 0) is 10.3 Å². The van der Waals surface area contributed by atoms with Gasteiger partial charge in [-0.05, 0) is 48.5 Å². The maximum atomic E-state index is 12.8. The minimum atomic E-state index is -1.04. The Labute approximate surface area is 160 Å². The second kappa shape index (κ2) is 5.63. The first-order valence-corrected chi connectivity index (χ1v) is 9.27. The molecule has 0 bridgehead atoms. The van der Waals surface area contributed by atoms with E-state index in [1.807, 2.05) is 66.9 Å². The molecule has 2 aliphatic heterocycles. The van der Waals surface area contributed by atoms with Gasteiger partial charge in [0.1, 0.15) is 16.9 Å². The zero-order chi connectivity index (χ0) is 18.6. The maximum Gasteiger partial charge on any atom is 0.340 e. The van der Waals surface area contributed by atoms with Crippen molar-refractivity contribution in [2.24, 2.45) is 0 Å². The number of hydrogen-bond acceptors (Lipinski definition) is 5. The summed E-state index contributed by atoms with van der Waals surface area (Å²) in [7, 11) is 0. The molecule has 3 aromatic carbocycles. The van der Waals surface area contributed by atoms with E-state index >= 15 is 0 Å². The molecule has 0 amide bonds. The average molecular weight is 371 g/mol. The zero-order valence-electron chi connectivity index (χ0n) is 14.4. The van der Waals surface area contributed by atoms with Crippen LogP contribution in [-0.4, -0.2) is 5.97 Å². The summed E-state index contributed by atoms with van der Waals surface area (Å²) in [5.74, 6) is 0.963. The molecule has 27 heavy (non-hydrogen) atoms. The molecule has 0 fully saturated rings. The molecule has 1 atom stereocenters. The summed E-state index contributed by atoms with van der Waals surface area (Å²) in [5.41, 5.74) is 2.89. The first-order chi connectivity index (χ1) is 13.1. The summed E-state index contributed by atoms with van der Waals surface area (Å²) in [6, 6.07) is 19.0. The molecule has 5 rings (SSSR count). The summed E-state index contributed by atoms with van der Waals surface area (Å²) in [4.78, 5) is 13.5. The van der Waals surface area contributed by atoms with E-state index in [4.69, 9.17) is 14.7 Å². The fraction of sp³-hybridized carbons (Fsp3) is 0.0909. The van der Waals surface area contributed by atoms with Crippen LogP contribution in [0.2, 0.25) is 0 Å². The number of carbonyl (C=O) groups is 1. The Balaban J connectivity index is 1.84. The zero-order valence-corrected chi connectivity index (χ0v) is 15.2. The predicted octanol–water partition coefficient (Wildman–Crippen LogP) is 5.14. The molecule has 3 aromatic rings. The molecule has 0 aliphatic carbocycles. The molecule has 5 heteroatoms. The van der Waals surface area contributed by atoms with Gasteiger partial charge in [-0.3, -0.25) is 0 Å². The molecule has 2 aliphatic rings. The van der Waals surface area contributed by atoms with Crippen molar-refractivity contribution in [3.63, 3.8) is 0 Å². The largest absolute Gasteiger partial charge is 0.456 e. The van der Waals surface area contributed by atoms with Gasteiger partial charge in [-0.1, -0.05) is 36.4 Å². The number of thioether (sulfide) groups is 1. The normalized spacial score (nSPS) is 18.7. The summed E-state index contributed by atoms with van der Waals surface area (Å²) in [5, 5.41) is 11.0. The number of hydrogen-bond donors (Lipinski definition) is 0. The lowest BCUT2D eigenvalue weighted by molar-refractivity contribution is 0.0224. The van der Waals surface area contributed by atoms with Crippen LogP contribution >= 0.6 is 11.8 Å². The van der Waals surface area contributed by atoms with E-state index in [2.05, 4.69) is 0 Å². The Bertz CT molecular complexity index is 1160. The van der Waals surface area contributed by atoms with Crippen molar-refractivity contribution in [3.05, 3.63) is 88.5 Å². The number of carbonyl (C=O) groups excluding carboxylic acids is 1. The van der Waals surface area contributed by atoms with Gasteiger partial charge in [-0.2, -0.15) is 5.26 Å². The smallest absolute Gasteiger partial charge is 0.340 e. The fourth-order valence-corrected chi connectivity index (χ4v) is 4.30. The monoisotopic (exact) mass is 371 g/mol. The topological polar surface area (TPSA) is 59.3 Å². The fourth-order valence-electron chi connectivity index (χ4n) is 3.88. The number of benzene rings is 3. The van der Waals surface area contributed by atoms with E-state index in [1.54, 1.807) is 6.07 Å². The summed E-state index contributed by atoms with van der Waals surface area (Å²) in [6.07, 6.45) is 0. The van der Waals surface area contributed by atoms with E-state index in [0.29, 0.717) is 17.1 Å². The van der Waals surface area contributed by atoms with Crippen LogP contribution in [0.4, 0.5) is 0 Å². The number of thiocyanates is 1. The molecule has 2 heterocycles. The van der Waals surface area contributed by atoms with Crippen molar-refractivity contribution in [2.45, 2.75) is 17.4 Å². The highest BCUT2D eigenvalue weighted by Crippen LogP contribution is 2.56. The van der Waals surface area contributed by atoms with Crippen molar-refractivity contribution in [1.29, 1.82) is 5.26 Å². The van der Waals surface area contributed by atoms with Crippen LogP contribution in [0.3, 0.4) is 0 Å². The standard InChI is InChI=1S/C22H13NO3S/c1-13-6-8-18-20(10-13)25-19-5-3-2-4-17(19)22(18)16-9-7-14(27-12-23)11-15(16)21(24)26-22/h2-11H,1H3. The highest BCUT2D eigenvalue weighted by Gasteiger charge is 2.53. The van der Waals surface area contributed by atoms with E-state index < -0.39 is 11.6 Å². The minimum Gasteiger partial charge on any atom is -0.456 e. The van der Waals surface area contributed by atoms with Gasteiger partial charge >= 0.3 is 5.97 Å². The third-order valence-electron chi connectivity index (χ3n) is 5.00. The molecular weight excluding hydrogens is 358 g/mol. The lowest BCUT2D eigenvalue weighted by Crippen LogP contribution is -2.32. The summed E-state index contributed by atoms with van der Waals surface area (Å²) < 4.78 is 12.2. The van der Waals surface area contributed by atoms with Gasteiger partial charge in [0, 0.05) is 21.6 Å². The number of rotatable bonds is 1. The number of fused-ring (bicyclic) bond motifs is 6. The van der Waals surface area contributed by atoms with Crippen molar-refractivity contribution >= 4 is 17.7 Å². The number of aryl methyl sites for hydroxylation is 1. The number of ether oxygens (including phenoxy) is 2. The highest BCUT2D eigenvalue weighted by atomic mass is 32.2. The number of para-hydroxylation sites is 1. The van der Waals surface area contributed by atoms with Crippen LogP contribution in [0.5, 0.6) is 11.5 Å². The molecule has 130 valence electrons. The van der Waals surface area contributed by atoms with E-state index in [0.717, 1.165) is 38.9 Å². The van der Waals surface area contributed by atoms with Gasteiger partial charge in [0.05, 0.1) is 5.56 Å². The van der Waals surface area contributed by atoms with Crippen molar-refractivity contribution in [2.75, 3.05) is 0 Å². The lowest BCUT2D eigenvalue weighted by atomic mass is 9.77. The second-order valence-electron chi connectivity index (χ2n) is 6.57. The second-order valence-corrected chi connectivity index (χ2v) is 7.43. The number of nitriles is 1. The molecule has 1 unspecified atom stereocenters. The van der Waals surface area contributed by atoms with Crippen LogP contribution in [0, 0.1) is 17.6 Å². The van der Waals surface area contributed by atoms with Crippen LogP contribution < -0.4 is 4.74 Å². The molecule has 0 aromatic heterocycles. The Morgan fingerprint density at radius 2 is 1.74 bits per heavy atom. The van der Waals surface area contributed by atoms with Gasteiger partial charge in [0.2, 0.25) is 0 Å². The summed E-state index contributed by atoms with van der Waals surface area (Å²) in [6.45, 7) is 2.00. The van der Waals surface area contributed by atoms with Crippen LogP contribution in [0.1, 0.15) is 32.6 Å². The third-order valence-corrected chi connectivity index (χ3v) is 5.58. The van der Waals surface area contributed by atoms with Crippen LogP contribution in [0.25, 0.3) is 0 Å². The lowest BCUT2D eigenvalue weighted by Gasteiger charge is -2.36. The molecule has 1 spiro atoms. The molecule has 0 saturated carbocycles. The molecule has 0 N–H and O–H groups in total. The average Bonchev–Trinajstić information content (AvgIpc) is 2.95. The molecule has 0 saturated heterocycles. The van der Waals surface area contributed by atoms with E-state index in [1.165, 1.54) is 0 Å². The van der Waals surface area contributed by atoms with E-state index in [9.17, 15) is 4.79 Å². The molecule has 0 radical (unpaired) electrons. The van der Waals surface area contributed by atoms with Crippen molar-refractivity contribution in [1.82, 2.24) is 0 Å². The number of nitrogens with zero attached hydrogens (tertiary/aromatic N) is 1. The van der Waals surface area contributed by atoms with Gasteiger partial charge < -0.3 is 9.47 Å². The molecular formula is C22H13NO3S. The quantitative estimate of drug-likeness (QED) is 0.337. The van der Waals surface area contributed by atoms with Gasteiger partial charge in [0.25, 0.3) is 0 Å². The summed E-state index contributed by atoms with van der Waals surface area (Å²) >= 11 is 1.02. The van der Waals surface area contributed by atoms with Crippen LogP contribution in [0.15, 0.2) is 65.6 Å². The van der Waals surface area contributed by atoms with Gasteiger partial charge in [-0.25, -0.2) is 4.79 Å². The van der Waals surface area contributed by atoms with E-state index in [-0.39, 0.29) is 0 Å². The highest BCUT2D eigenvalue weighted by molar-refractivity contribution is 8.03. The number of esters is 1.